The molecule has 1 amide bonds. The lowest BCUT2D eigenvalue weighted by atomic mass is 9.80. The highest BCUT2D eigenvalue weighted by Gasteiger charge is 2.33. The van der Waals surface area contributed by atoms with Gasteiger partial charge in [-0.3, -0.25) is 9.69 Å². The number of carbonyl (C=O) groups excluding carboxylic acids is 1. The van der Waals surface area contributed by atoms with Crippen LogP contribution in [-0.4, -0.2) is 43.0 Å². The minimum atomic E-state index is 0. The summed E-state index contributed by atoms with van der Waals surface area (Å²) >= 11 is 0. The van der Waals surface area contributed by atoms with Crippen molar-refractivity contribution in [3.63, 3.8) is 0 Å². The van der Waals surface area contributed by atoms with Gasteiger partial charge in [-0.25, -0.2) is 0 Å². The highest BCUT2D eigenvalue weighted by Crippen LogP contribution is 2.27. The molecule has 0 aliphatic carbocycles. The lowest BCUT2D eigenvalue weighted by Crippen LogP contribution is -2.54. The Morgan fingerprint density at radius 3 is 2.71 bits per heavy atom. The molecule has 0 spiro atoms. The van der Waals surface area contributed by atoms with Gasteiger partial charge in [0.15, 0.2) is 0 Å². The number of carbonyl (C=O) groups is 1. The van der Waals surface area contributed by atoms with Crippen molar-refractivity contribution in [2.24, 2.45) is 11.1 Å². The molecule has 0 bridgehead atoms. The van der Waals surface area contributed by atoms with Crippen molar-refractivity contribution in [1.29, 1.82) is 0 Å². The zero-order valence-electron chi connectivity index (χ0n) is 11.2. The summed E-state index contributed by atoms with van der Waals surface area (Å²) in [6.07, 6.45) is 1.97. The summed E-state index contributed by atoms with van der Waals surface area (Å²) in [6.45, 7) is 9.54. The van der Waals surface area contributed by atoms with Gasteiger partial charge < -0.3 is 11.1 Å². The molecule has 1 heterocycles. The van der Waals surface area contributed by atoms with Gasteiger partial charge >= 0.3 is 0 Å². The molecule has 102 valence electrons. The summed E-state index contributed by atoms with van der Waals surface area (Å²) in [6, 6.07) is 0.252. The molecule has 0 saturated carbocycles. The Morgan fingerprint density at radius 2 is 2.18 bits per heavy atom. The van der Waals surface area contributed by atoms with Crippen molar-refractivity contribution in [2.75, 3.05) is 26.2 Å². The zero-order chi connectivity index (χ0) is 12.2. The van der Waals surface area contributed by atoms with Gasteiger partial charge in [-0.1, -0.05) is 20.8 Å². The minimum Gasteiger partial charge on any atom is -0.355 e. The standard InChI is InChI=1S/C12H25N3O.ClH/c1-4-6-14-11(16)8-15-7-5-10(13)12(2,3)9-15;/h10H,4-9,13H2,1-3H3,(H,14,16);1H. The molecule has 1 atom stereocenters. The van der Waals surface area contributed by atoms with Crippen molar-refractivity contribution in [2.45, 2.75) is 39.7 Å². The summed E-state index contributed by atoms with van der Waals surface area (Å²) in [5, 5.41) is 2.91. The molecule has 1 saturated heterocycles. The van der Waals surface area contributed by atoms with E-state index in [1.54, 1.807) is 0 Å². The van der Waals surface area contributed by atoms with E-state index in [2.05, 4.69) is 31.0 Å². The van der Waals surface area contributed by atoms with Gasteiger partial charge in [0.25, 0.3) is 0 Å². The van der Waals surface area contributed by atoms with Crippen LogP contribution in [0.4, 0.5) is 0 Å². The van der Waals surface area contributed by atoms with E-state index in [0.29, 0.717) is 6.54 Å². The molecule has 5 heteroatoms. The van der Waals surface area contributed by atoms with E-state index < -0.39 is 0 Å². The van der Waals surface area contributed by atoms with Crippen molar-refractivity contribution < 1.29 is 4.79 Å². The van der Waals surface area contributed by atoms with E-state index in [-0.39, 0.29) is 29.8 Å². The number of hydrogen-bond donors (Lipinski definition) is 2. The third kappa shape index (κ3) is 5.23. The maximum absolute atomic E-state index is 11.6. The van der Waals surface area contributed by atoms with Crippen molar-refractivity contribution in [3.05, 3.63) is 0 Å². The maximum atomic E-state index is 11.6. The number of rotatable bonds is 4. The molecule has 0 aromatic heterocycles. The molecular formula is C12H26ClN3O. The molecule has 1 unspecified atom stereocenters. The summed E-state index contributed by atoms with van der Waals surface area (Å²) in [4.78, 5) is 13.8. The van der Waals surface area contributed by atoms with Gasteiger partial charge in [0.1, 0.15) is 0 Å². The lowest BCUT2D eigenvalue weighted by molar-refractivity contribution is -0.123. The number of halogens is 1. The van der Waals surface area contributed by atoms with E-state index in [0.717, 1.165) is 32.5 Å². The average Bonchev–Trinajstić information content (AvgIpc) is 2.20. The fourth-order valence-electron chi connectivity index (χ4n) is 2.14. The van der Waals surface area contributed by atoms with Crippen LogP contribution >= 0.6 is 12.4 Å². The van der Waals surface area contributed by atoms with E-state index in [4.69, 9.17) is 5.73 Å². The first kappa shape index (κ1) is 16.7. The van der Waals surface area contributed by atoms with Crippen LogP contribution in [-0.2, 0) is 4.79 Å². The number of nitrogens with zero attached hydrogens (tertiary/aromatic N) is 1. The largest absolute Gasteiger partial charge is 0.355 e. The van der Waals surface area contributed by atoms with Crippen molar-refractivity contribution in [1.82, 2.24) is 10.2 Å². The van der Waals surface area contributed by atoms with E-state index in [1.165, 1.54) is 0 Å². The monoisotopic (exact) mass is 263 g/mol. The van der Waals surface area contributed by atoms with E-state index in [1.807, 2.05) is 0 Å². The highest BCUT2D eigenvalue weighted by molar-refractivity contribution is 5.85. The van der Waals surface area contributed by atoms with Gasteiger partial charge in [-0.15, -0.1) is 12.4 Å². The molecule has 4 nitrogen and oxygen atoms in total. The summed E-state index contributed by atoms with van der Waals surface area (Å²) in [5.41, 5.74) is 6.17. The van der Waals surface area contributed by atoms with E-state index >= 15 is 0 Å². The Bertz CT molecular complexity index is 246. The quantitative estimate of drug-likeness (QED) is 0.796. The maximum Gasteiger partial charge on any atom is 0.234 e. The summed E-state index contributed by atoms with van der Waals surface area (Å²) < 4.78 is 0. The Kier molecular flexibility index (Phi) is 7.05. The number of nitrogens with one attached hydrogen (secondary N) is 1. The Hall–Kier alpha value is -0.320. The number of piperidine rings is 1. The molecule has 1 aliphatic rings. The number of likely N-dealkylation sites (tertiary alicyclic amines) is 1. The molecular weight excluding hydrogens is 238 g/mol. The SMILES string of the molecule is CCCNC(=O)CN1CCC(N)C(C)(C)C1.Cl. The molecule has 1 fully saturated rings. The molecule has 0 radical (unpaired) electrons. The Morgan fingerprint density at radius 1 is 1.53 bits per heavy atom. The molecule has 3 N–H and O–H groups in total. The summed E-state index contributed by atoms with van der Waals surface area (Å²) in [7, 11) is 0. The van der Waals surface area contributed by atoms with Crippen LogP contribution in [0.5, 0.6) is 0 Å². The number of hydrogen-bond acceptors (Lipinski definition) is 3. The summed E-state index contributed by atoms with van der Waals surface area (Å²) in [5.74, 6) is 0.133. The Balaban J connectivity index is 0.00000256. The van der Waals surface area contributed by atoms with Gasteiger partial charge in [0, 0.05) is 25.7 Å². The zero-order valence-corrected chi connectivity index (χ0v) is 12.0. The predicted octanol–water partition coefficient (Wildman–Crippen LogP) is 0.994. The second kappa shape index (κ2) is 7.19. The van der Waals surface area contributed by atoms with Crippen molar-refractivity contribution in [3.8, 4) is 0 Å². The molecule has 0 aromatic rings. The molecule has 17 heavy (non-hydrogen) atoms. The topological polar surface area (TPSA) is 58.4 Å². The first-order chi connectivity index (χ1) is 7.45. The van der Waals surface area contributed by atoms with Gasteiger partial charge in [-0.05, 0) is 18.3 Å². The lowest BCUT2D eigenvalue weighted by Gasteiger charge is -2.42. The van der Waals surface area contributed by atoms with Crippen molar-refractivity contribution >= 4 is 18.3 Å². The molecule has 0 aromatic carbocycles. The van der Waals surface area contributed by atoms with Crippen LogP contribution < -0.4 is 11.1 Å². The minimum absolute atomic E-state index is 0. The fourth-order valence-corrected chi connectivity index (χ4v) is 2.14. The third-order valence-corrected chi connectivity index (χ3v) is 3.33. The highest BCUT2D eigenvalue weighted by atomic mass is 35.5. The second-order valence-corrected chi connectivity index (χ2v) is 5.44. The predicted molar refractivity (Wildman–Crippen MR) is 73.4 cm³/mol. The number of amides is 1. The van der Waals surface area contributed by atoms with Crippen LogP contribution in [0.15, 0.2) is 0 Å². The molecule has 1 aliphatic heterocycles. The fraction of sp³-hybridized carbons (Fsp3) is 0.917. The van der Waals surface area contributed by atoms with Crippen LogP contribution in [0.25, 0.3) is 0 Å². The van der Waals surface area contributed by atoms with Crippen LogP contribution in [0.2, 0.25) is 0 Å². The van der Waals surface area contributed by atoms with Crippen LogP contribution in [0, 0.1) is 5.41 Å². The first-order valence-corrected chi connectivity index (χ1v) is 6.20. The van der Waals surface area contributed by atoms with E-state index in [9.17, 15) is 4.79 Å². The first-order valence-electron chi connectivity index (χ1n) is 6.20. The Labute approximate surface area is 111 Å². The molecule has 1 rings (SSSR count). The van der Waals surface area contributed by atoms with Crippen LogP contribution in [0.3, 0.4) is 0 Å². The van der Waals surface area contributed by atoms with Crippen LogP contribution in [0.1, 0.15) is 33.6 Å². The normalized spacial score (nSPS) is 23.9. The average molecular weight is 264 g/mol. The number of nitrogens with two attached hydrogens (primary N) is 1. The van der Waals surface area contributed by atoms with Gasteiger partial charge in [0.05, 0.1) is 6.54 Å². The second-order valence-electron chi connectivity index (χ2n) is 5.44. The smallest absolute Gasteiger partial charge is 0.234 e. The van der Waals surface area contributed by atoms with Gasteiger partial charge in [0.2, 0.25) is 5.91 Å². The third-order valence-electron chi connectivity index (χ3n) is 3.33. The van der Waals surface area contributed by atoms with Gasteiger partial charge in [-0.2, -0.15) is 0 Å².